The van der Waals surface area contributed by atoms with Crippen LogP contribution in [-0.2, 0) is 11.8 Å². The lowest BCUT2D eigenvalue weighted by Gasteiger charge is -2.22. The zero-order chi connectivity index (χ0) is 13.9. The summed E-state index contributed by atoms with van der Waals surface area (Å²) in [5, 5.41) is 12.9. The van der Waals surface area contributed by atoms with Gasteiger partial charge < -0.3 is 10.0 Å². The smallest absolute Gasteiger partial charge is 0.323 e. The number of nitrogens with zero attached hydrogens (tertiary/aromatic N) is 3. The number of hydrogen-bond acceptors (Lipinski definition) is 3. The molecule has 0 fully saturated rings. The van der Waals surface area contributed by atoms with Gasteiger partial charge in [-0.1, -0.05) is 13.8 Å². The summed E-state index contributed by atoms with van der Waals surface area (Å²) in [6.45, 7) is 5.80. The number of carbonyl (C=O) groups is 2. The van der Waals surface area contributed by atoms with E-state index in [2.05, 4.69) is 5.10 Å². The molecule has 1 rings (SSSR count). The Morgan fingerprint density at radius 1 is 1.50 bits per heavy atom. The van der Waals surface area contributed by atoms with Gasteiger partial charge in [0.2, 0.25) is 0 Å². The summed E-state index contributed by atoms with van der Waals surface area (Å²) >= 11 is 0. The van der Waals surface area contributed by atoms with Crippen molar-refractivity contribution in [3.05, 3.63) is 17.5 Å². The molecule has 0 bridgehead atoms. The van der Waals surface area contributed by atoms with E-state index in [9.17, 15) is 9.59 Å². The van der Waals surface area contributed by atoms with Gasteiger partial charge in [0.25, 0.3) is 5.91 Å². The van der Waals surface area contributed by atoms with Crippen molar-refractivity contribution in [2.45, 2.75) is 20.8 Å². The van der Waals surface area contributed by atoms with Gasteiger partial charge in [-0.25, -0.2) is 0 Å². The topological polar surface area (TPSA) is 75.4 Å². The Balaban J connectivity index is 2.94. The number of carboxylic acid groups (broad SMARTS) is 1. The summed E-state index contributed by atoms with van der Waals surface area (Å²) < 4.78 is 1.60. The highest BCUT2D eigenvalue weighted by molar-refractivity contribution is 5.96. The first-order chi connectivity index (χ1) is 8.32. The van der Waals surface area contributed by atoms with Crippen molar-refractivity contribution in [3.8, 4) is 0 Å². The molecule has 18 heavy (non-hydrogen) atoms. The minimum atomic E-state index is -1.01. The minimum Gasteiger partial charge on any atom is -0.480 e. The highest BCUT2D eigenvalue weighted by Crippen LogP contribution is 2.11. The number of rotatable bonds is 5. The third kappa shape index (κ3) is 3.32. The van der Waals surface area contributed by atoms with Crippen LogP contribution in [0.3, 0.4) is 0 Å². The van der Waals surface area contributed by atoms with E-state index >= 15 is 0 Å². The van der Waals surface area contributed by atoms with Gasteiger partial charge in [0, 0.05) is 19.3 Å². The van der Waals surface area contributed by atoms with Gasteiger partial charge >= 0.3 is 5.97 Å². The zero-order valence-corrected chi connectivity index (χ0v) is 11.2. The maximum Gasteiger partial charge on any atom is 0.323 e. The molecule has 0 atom stereocenters. The molecule has 0 aliphatic heterocycles. The van der Waals surface area contributed by atoms with E-state index in [1.807, 2.05) is 13.8 Å². The van der Waals surface area contributed by atoms with E-state index in [-0.39, 0.29) is 18.4 Å². The number of aryl methyl sites for hydroxylation is 1. The number of aliphatic carboxylic acids is 1. The van der Waals surface area contributed by atoms with E-state index in [0.717, 1.165) is 5.69 Å². The Hall–Kier alpha value is -1.85. The molecule has 0 radical (unpaired) electrons. The Morgan fingerprint density at radius 3 is 2.50 bits per heavy atom. The molecule has 0 spiro atoms. The second-order valence-electron chi connectivity index (χ2n) is 4.74. The highest BCUT2D eigenvalue weighted by atomic mass is 16.4. The number of carboxylic acids is 1. The first kappa shape index (κ1) is 14.2. The van der Waals surface area contributed by atoms with Crippen LogP contribution in [-0.4, -0.2) is 44.8 Å². The summed E-state index contributed by atoms with van der Waals surface area (Å²) in [6.07, 6.45) is 1.48. The van der Waals surface area contributed by atoms with Crippen molar-refractivity contribution in [2.24, 2.45) is 13.0 Å². The molecule has 1 heterocycles. The van der Waals surface area contributed by atoms with Crippen LogP contribution in [0.25, 0.3) is 0 Å². The molecule has 1 amide bonds. The van der Waals surface area contributed by atoms with Crippen molar-refractivity contribution >= 4 is 11.9 Å². The monoisotopic (exact) mass is 253 g/mol. The third-order valence-electron chi connectivity index (χ3n) is 2.66. The average Bonchev–Trinajstić information content (AvgIpc) is 2.56. The number of aromatic nitrogens is 2. The molecule has 100 valence electrons. The van der Waals surface area contributed by atoms with Crippen molar-refractivity contribution in [3.63, 3.8) is 0 Å². The lowest BCUT2D eigenvalue weighted by Crippen LogP contribution is -2.38. The van der Waals surface area contributed by atoms with Crippen LogP contribution in [0.4, 0.5) is 0 Å². The quantitative estimate of drug-likeness (QED) is 0.846. The maximum atomic E-state index is 12.3. The summed E-state index contributed by atoms with van der Waals surface area (Å²) in [4.78, 5) is 24.4. The maximum absolute atomic E-state index is 12.3. The Labute approximate surface area is 106 Å². The zero-order valence-electron chi connectivity index (χ0n) is 11.2. The molecule has 6 nitrogen and oxygen atoms in total. The van der Waals surface area contributed by atoms with Crippen LogP contribution in [0.1, 0.15) is 29.9 Å². The fourth-order valence-electron chi connectivity index (χ4n) is 1.70. The van der Waals surface area contributed by atoms with E-state index in [1.54, 1.807) is 18.7 Å². The van der Waals surface area contributed by atoms with Crippen LogP contribution in [0, 0.1) is 12.8 Å². The summed E-state index contributed by atoms with van der Waals surface area (Å²) in [6, 6.07) is 0. The fraction of sp³-hybridized carbons (Fsp3) is 0.583. The van der Waals surface area contributed by atoms with Gasteiger partial charge in [0.1, 0.15) is 6.54 Å². The summed E-state index contributed by atoms with van der Waals surface area (Å²) in [5.41, 5.74) is 1.19. The standard InChI is InChI=1S/C12H19N3O3/c1-8(2)6-15(7-11(16)17)12(18)10-5-13-14(4)9(10)3/h5,8H,6-7H2,1-4H3,(H,16,17). The molecule has 0 unspecified atom stereocenters. The molecular weight excluding hydrogens is 234 g/mol. The molecule has 0 aliphatic carbocycles. The lowest BCUT2D eigenvalue weighted by molar-refractivity contribution is -0.137. The van der Waals surface area contributed by atoms with Gasteiger partial charge in [-0.15, -0.1) is 0 Å². The van der Waals surface area contributed by atoms with Gasteiger partial charge in [0.15, 0.2) is 0 Å². The summed E-state index contributed by atoms with van der Waals surface area (Å²) in [5.74, 6) is -1.08. The van der Waals surface area contributed by atoms with Crippen LogP contribution < -0.4 is 0 Å². The molecule has 1 N–H and O–H groups in total. The highest BCUT2D eigenvalue weighted by Gasteiger charge is 2.22. The van der Waals surface area contributed by atoms with Crippen molar-refractivity contribution in [1.82, 2.24) is 14.7 Å². The Bertz CT molecular complexity index is 451. The van der Waals surface area contributed by atoms with Crippen LogP contribution in [0.15, 0.2) is 6.20 Å². The van der Waals surface area contributed by atoms with Gasteiger partial charge in [-0.3, -0.25) is 14.3 Å². The van der Waals surface area contributed by atoms with Crippen LogP contribution >= 0.6 is 0 Å². The Morgan fingerprint density at radius 2 is 2.11 bits per heavy atom. The van der Waals surface area contributed by atoms with Gasteiger partial charge in [-0.05, 0) is 12.8 Å². The van der Waals surface area contributed by atoms with Gasteiger partial charge in [0.05, 0.1) is 11.8 Å². The molecule has 0 aliphatic rings. The van der Waals surface area contributed by atoms with Crippen LogP contribution in [0.2, 0.25) is 0 Å². The molecule has 1 aromatic rings. The molecular formula is C12H19N3O3. The van der Waals surface area contributed by atoms with E-state index in [1.165, 1.54) is 11.1 Å². The molecule has 6 heteroatoms. The second kappa shape index (κ2) is 5.66. The third-order valence-corrected chi connectivity index (χ3v) is 2.66. The SMILES string of the molecule is Cc1c(C(=O)N(CC(=O)O)CC(C)C)cnn1C. The molecule has 1 aromatic heterocycles. The normalized spacial score (nSPS) is 10.7. The second-order valence-corrected chi connectivity index (χ2v) is 4.74. The fourth-order valence-corrected chi connectivity index (χ4v) is 1.70. The predicted molar refractivity (Wildman–Crippen MR) is 66.3 cm³/mol. The average molecular weight is 253 g/mol. The first-order valence-corrected chi connectivity index (χ1v) is 5.82. The van der Waals surface area contributed by atoms with Crippen molar-refractivity contribution in [2.75, 3.05) is 13.1 Å². The molecule has 0 saturated heterocycles. The van der Waals surface area contributed by atoms with E-state index in [0.29, 0.717) is 12.1 Å². The van der Waals surface area contributed by atoms with E-state index < -0.39 is 5.97 Å². The molecule has 0 saturated carbocycles. The Kier molecular flexibility index (Phi) is 4.47. The largest absolute Gasteiger partial charge is 0.480 e. The van der Waals surface area contributed by atoms with Gasteiger partial charge in [-0.2, -0.15) is 5.10 Å². The number of carbonyl (C=O) groups excluding carboxylic acids is 1. The molecule has 0 aromatic carbocycles. The lowest BCUT2D eigenvalue weighted by atomic mass is 10.1. The van der Waals surface area contributed by atoms with E-state index in [4.69, 9.17) is 5.11 Å². The summed E-state index contributed by atoms with van der Waals surface area (Å²) in [7, 11) is 1.75. The number of amides is 1. The minimum absolute atomic E-state index is 0.213. The van der Waals surface area contributed by atoms with Crippen molar-refractivity contribution < 1.29 is 14.7 Å². The van der Waals surface area contributed by atoms with Crippen molar-refractivity contribution in [1.29, 1.82) is 0 Å². The van der Waals surface area contributed by atoms with Crippen LogP contribution in [0.5, 0.6) is 0 Å². The number of hydrogen-bond donors (Lipinski definition) is 1. The first-order valence-electron chi connectivity index (χ1n) is 5.82. The predicted octanol–water partition coefficient (Wildman–Crippen LogP) is 0.911.